The number of anilines is 1. The first-order chi connectivity index (χ1) is 10.6. The summed E-state index contributed by atoms with van der Waals surface area (Å²) in [6.07, 6.45) is 0. The quantitative estimate of drug-likeness (QED) is 0.675. The predicted molar refractivity (Wildman–Crippen MR) is 86.8 cm³/mol. The Balaban J connectivity index is 1.82. The van der Waals surface area contributed by atoms with Gasteiger partial charge in [-0.15, -0.1) is 0 Å². The summed E-state index contributed by atoms with van der Waals surface area (Å²) >= 11 is 7.17. The molecule has 0 saturated carbocycles. The fraction of sp³-hybridized carbons (Fsp3) is 0.200. The summed E-state index contributed by atoms with van der Waals surface area (Å²) in [5.41, 5.74) is 0.846. The number of para-hydroxylation sites is 1. The number of esters is 1. The Morgan fingerprint density at radius 2 is 2.23 bits per heavy atom. The number of halogens is 1. The summed E-state index contributed by atoms with van der Waals surface area (Å²) in [5, 5.41) is 1.84. The van der Waals surface area contributed by atoms with Gasteiger partial charge in [-0.05, 0) is 12.1 Å². The molecule has 0 fully saturated rings. The highest BCUT2D eigenvalue weighted by Gasteiger charge is 2.19. The van der Waals surface area contributed by atoms with Crippen molar-refractivity contribution in [3.05, 3.63) is 46.1 Å². The van der Waals surface area contributed by atoms with Crippen molar-refractivity contribution < 1.29 is 13.9 Å². The number of nitrogens with zero attached hydrogens (tertiary/aromatic N) is 2. The lowest BCUT2D eigenvalue weighted by molar-refractivity contribution is 0.0606. The van der Waals surface area contributed by atoms with Crippen molar-refractivity contribution in [1.82, 2.24) is 4.98 Å². The Labute approximate surface area is 136 Å². The number of ether oxygens (including phenoxy) is 1. The van der Waals surface area contributed by atoms with Gasteiger partial charge in [0, 0.05) is 12.4 Å². The minimum Gasteiger partial charge on any atom is -0.465 e. The van der Waals surface area contributed by atoms with Crippen LogP contribution in [-0.4, -0.2) is 25.1 Å². The van der Waals surface area contributed by atoms with Crippen molar-refractivity contribution in [2.45, 2.75) is 6.54 Å². The standard InChI is InChI=1S/C15H13ClN2O3S/c1-18(15-17-13(16)12(22-15)14(19)20-2)8-10-7-9-5-3-4-6-11(9)21-10/h3-7H,8H2,1-2H3. The average molecular weight is 337 g/mol. The van der Waals surface area contributed by atoms with Crippen LogP contribution in [0.3, 0.4) is 0 Å². The molecule has 1 aromatic carbocycles. The van der Waals surface area contributed by atoms with Crippen molar-refractivity contribution in [2.24, 2.45) is 0 Å². The van der Waals surface area contributed by atoms with Gasteiger partial charge in [-0.25, -0.2) is 9.78 Å². The van der Waals surface area contributed by atoms with Crippen LogP contribution in [-0.2, 0) is 11.3 Å². The molecule has 2 heterocycles. The summed E-state index contributed by atoms with van der Waals surface area (Å²) in [6, 6.07) is 9.81. The van der Waals surface area contributed by atoms with Gasteiger partial charge in [0.05, 0.1) is 13.7 Å². The molecule has 0 aliphatic heterocycles. The van der Waals surface area contributed by atoms with Crippen molar-refractivity contribution in [3.8, 4) is 0 Å². The minimum absolute atomic E-state index is 0.156. The Kier molecular flexibility index (Phi) is 4.04. The SMILES string of the molecule is COC(=O)c1sc(N(C)Cc2cc3ccccc3o2)nc1Cl. The van der Waals surface area contributed by atoms with Gasteiger partial charge in [0.1, 0.15) is 11.3 Å². The van der Waals surface area contributed by atoms with Gasteiger partial charge < -0.3 is 14.1 Å². The van der Waals surface area contributed by atoms with Crippen molar-refractivity contribution in [1.29, 1.82) is 0 Å². The molecule has 0 atom stereocenters. The Morgan fingerprint density at radius 3 is 2.95 bits per heavy atom. The van der Waals surface area contributed by atoms with E-state index in [4.69, 9.17) is 16.0 Å². The zero-order valence-corrected chi connectivity index (χ0v) is 13.6. The maximum atomic E-state index is 11.6. The van der Waals surface area contributed by atoms with Gasteiger partial charge in [-0.2, -0.15) is 0 Å². The van der Waals surface area contributed by atoms with Crippen LogP contribution in [0.4, 0.5) is 5.13 Å². The normalized spacial score (nSPS) is 10.9. The first-order valence-electron chi connectivity index (χ1n) is 6.51. The summed E-state index contributed by atoms with van der Waals surface area (Å²) in [6.45, 7) is 0.527. The van der Waals surface area contributed by atoms with Gasteiger partial charge >= 0.3 is 5.97 Å². The smallest absolute Gasteiger partial charge is 0.351 e. The maximum Gasteiger partial charge on any atom is 0.351 e. The van der Waals surface area contributed by atoms with Crippen LogP contribution < -0.4 is 4.90 Å². The summed E-state index contributed by atoms with van der Waals surface area (Å²) in [4.78, 5) is 17.9. The van der Waals surface area contributed by atoms with Crippen LogP contribution in [0.2, 0.25) is 5.15 Å². The highest BCUT2D eigenvalue weighted by atomic mass is 35.5. The maximum absolute atomic E-state index is 11.6. The van der Waals surface area contributed by atoms with E-state index in [0.717, 1.165) is 16.7 Å². The molecule has 0 radical (unpaired) electrons. The first kappa shape index (κ1) is 14.9. The van der Waals surface area contributed by atoms with Crippen molar-refractivity contribution in [2.75, 3.05) is 19.1 Å². The topological polar surface area (TPSA) is 55.6 Å². The molecule has 3 aromatic rings. The number of carbonyl (C=O) groups excluding carboxylic acids is 1. The fourth-order valence-electron chi connectivity index (χ4n) is 2.09. The van der Waals surface area contributed by atoms with Crippen molar-refractivity contribution >= 4 is 45.0 Å². The third kappa shape index (κ3) is 2.80. The molecule has 0 N–H and O–H groups in total. The molecule has 0 saturated heterocycles. The van der Waals surface area contributed by atoms with Gasteiger partial charge in [-0.1, -0.05) is 41.1 Å². The van der Waals surface area contributed by atoms with Gasteiger partial charge in [0.25, 0.3) is 0 Å². The lowest BCUT2D eigenvalue weighted by Crippen LogP contribution is -2.15. The predicted octanol–water partition coefficient (Wildman–Crippen LogP) is 3.97. The molecule has 22 heavy (non-hydrogen) atoms. The number of furan rings is 1. The zero-order valence-electron chi connectivity index (χ0n) is 12.0. The van der Waals surface area contributed by atoms with E-state index in [1.807, 2.05) is 42.3 Å². The third-order valence-electron chi connectivity index (χ3n) is 3.14. The number of rotatable bonds is 4. The lowest BCUT2D eigenvalue weighted by Gasteiger charge is -2.13. The minimum atomic E-state index is -0.481. The number of carbonyl (C=O) groups is 1. The molecule has 0 aliphatic rings. The first-order valence-corrected chi connectivity index (χ1v) is 7.71. The number of methoxy groups -OCH3 is 1. The second-order valence-electron chi connectivity index (χ2n) is 4.71. The molecule has 3 rings (SSSR count). The molecular weight excluding hydrogens is 324 g/mol. The molecule has 5 nitrogen and oxygen atoms in total. The fourth-order valence-corrected chi connectivity index (χ4v) is 3.25. The highest BCUT2D eigenvalue weighted by Crippen LogP contribution is 2.31. The Morgan fingerprint density at radius 1 is 1.45 bits per heavy atom. The van der Waals surface area contributed by atoms with Gasteiger partial charge in [0.15, 0.2) is 15.2 Å². The van der Waals surface area contributed by atoms with Crippen molar-refractivity contribution in [3.63, 3.8) is 0 Å². The Bertz CT molecular complexity index is 794. The summed E-state index contributed by atoms with van der Waals surface area (Å²) < 4.78 is 10.5. The lowest BCUT2D eigenvalue weighted by atomic mass is 10.2. The summed E-state index contributed by atoms with van der Waals surface area (Å²) in [7, 11) is 3.18. The number of aromatic nitrogens is 1. The number of benzene rings is 1. The van der Waals surface area contributed by atoms with Crippen LogP contribution >= 0.6 is 22.9 Å². The molecule has 0 bridgehead atoms. The molecule has 0 aliphatic carbocycles. The molecule has 0 amide bonds. The zero-order chi connectivity index (χ0) is 15.7. The molecule has 0 unspecified atom stereocenters. The average Bonchev–Trinajstić information content (AvgIpc) is 3.09. The van der Waals surface area contributed by atoms with Crippen LogP contribution in [0.15, 0.2) is 34.7 Å². The molecule has 0 spiro atoms. The molecule has 114 valence electrons. The second kappa shape index (κ2) is 5.98. The molecule has 2 aromatic heterocycles. The van der Waals surface area contributed by atoms with E-state index < -0.39 is 5.97 Å². The monoisotopic (exact) mass is 336 g/mol. The third-order valence-corrected chi connectivity index (χ3v) is 4.68. The number of thiazole rings is 1. The van der Waals surface area contributed by atoms with Crippen LogP contribution in [0, 0.1) is 0 Å². The number of hydrogen-bond donors (Lipinski definition) is 0. The summed E-state index contributed by atoms with van der Waals surface area (Å²) in [5.74, 6) is 0.334. The van der Waals surface area contributed by atoms with E-state index in [1.54, 1.807) is 0 Å². The van der Waals surface area contributed by atoms with Crippen LogP contribution in [0.25, 0.3) is 11.0 Å². The van der Waals surface area contributed by atoms with Crippen LogP contribution in [0.5, 0.6) is 0 Å². The number of hydrogen-bond acceptors (Lipinski definition) is 6. The van der Waals surface area contributed by atoms with E-state index in [1.165, 1.54) is 18.4 Å². The van der Waals surface area contributed by atoms with E-state index in [9.17, 15) is 4.79 Å². The highest BCUT2D eigenvalue weighted by molar-refractivity contribution is 7.18. The largest absolute Gasteiger partial charge is 0.465 e. The number of fused-ring (bicyclic) bond motifs is 1. The Hall–Kier alpha value is -2.05. The van der Waals surface area contributed by atoms with E-state index in [2.05, 4.69) is 9.72 Å². The second-order valence-corrected chi connectivity index (χ2v) is 6.05. The van der Waals surface area contributed by atoms with Crippen LogP contribution in [0.1, 0.15) is 15.4 Å². The van der Waals surface area contributed by atoms with E-state index in [-0.39, 0.29) is 5.15 Å². The van der Waals surface area contributed by atoms with E-state index in [0.29, 0.717) is 16.6 Å². The van der Waals surface area contributed by atoms with Gasteiger partial charge in [-0.3, -0.25) is 0 Å². The molecular formula is C15H13ClN2O3S. The van der Waals surface area contributed by atoms with E-state index >= 15 is 0 Å². The molecule has 7 heteroatoms. The van der Waals surface area contributed by atoms with Gasteiger partial charge in [0.2, 0.25) is 0 Å².